The van der Waals surface area contributed by atoms with E-state index in [2.05, 4.69) is 30.8 Å². The van der Waals surface area contributed by atoms with Gasteiger partial charge in [-0.25, -0.2) is 9.78 Å². The van der Waals surface area contributed by atoms with Gasteiger partial charge in [-0.05, 0) is 61.1 Å². The fourth-order valence-corrected chi connectivity index (χ4v) is 4.61. The van der Waals surface area contributed by atoms with Crippen LogP contribution in [0.4, 0.5) is 41.0 Å². The third-order valence-corrected chi connectivity index (χ3v) is 6.95. The Kier molecular flexibility index (Phi) is 9.46. The van der Waals surface area contributed by atoms with Crippen molar-refractivity contribution in [3.63, 3.8) is 0 Å². The summed E-state index contributed by atoms with van der Waals surface area (Å²) in [7, 11) is 3.57. The predicted octanol–water partition coefficient (Wildman–Crippen LogP) is 6.43. The van der Waals surface area contributed by atoms with Gasteiger partial charge in [0.15, 0.2) is 0 Å². The Bertz CT molecular complexity index is 1580. The maximum atomic E-state index is 13.9. The summed E-state index contributed by atoms with van der Waals surface area (Å²) in [4.78, 5) is 25.3. The summed E-state index contributed by atoms with van der Waals surface area (Å²) < 4.78 is 52.7. The molecule has 4 aromatic rings. The lowest BCUT2D eigenvalue weighted by molar-refractivity contribution is -0.138. The molecule has 1 saturated heterocycles. The number of hydrogen-bond acceptors (Lipinski definition) is 8. The van der Waals surface area contributed by atoms with E-state index in [4.69, 9.17) is 9.47 Å². The minimum Gasteiger partial charge on any atom is -0.497 e. The molecule has 3 aromatic carbocycles. The number of likely N-dealkylation sites (N-methyl/N-ethyl adjacent to an activating group) is 1. The molecule has 0 saturated carbocycles. The molecule has 10 nitrogen and oxygen atoms in total. The highest BCUT2D eigenvalue weighted by molar-refractivity contribution is 5.99. The molecule has 0 unspecified atom stereocenters. The first kappa shape index (κ1) is 30.6. The topological polar surface area (TPSA) is 104 Å². The van der Waals surface area contributed by atoms with Gasteiger partial charge in [-0.2, -0.15) is 18.2 Å². The molecular weight excluding hydrogens is 575 g/mol. The summed E-state index contributed by atoms with van der Waals surface area (Å²) in [6, 6.07) is 18.6. The van der Waals surface area contributed by atoms with E-state index in [1.54, 1.807) is 49.7 Å². The average molecular weight is 608 g/mol. The number of methoxy groups -OCH3 is 1. The number of urea groups is 1. The summed E-state index contributed by atoms with van der Waals surface area (Å²) in [5.74, 6) is 1.75. The molecule has 1 fully saturated rings. The van der Waals surface area contributed by atoms with Gasteiger partial charge in [-0.3, -0.25) is 4.90 Å². The third-order valence-electron chi connectivity index (χ3n) is 6.95. The first-order valence-electron chi connectivity index (χ1n) is 13.9. The molecule has 1 aromatic heterocycles. The Balaban J connectivity index is 1.17. The maximum absolute atomic E-state index is 13.9. The van der Waals surface area contributed by atoms with Crippen LogP contribution in [0.25, 0.3) is 0 Å². The lowest BCUT2D eigenvalue weighted by Crippen LogP contribution is -2.44. The molecule has 0 aliphatic carbocycles. The highest BCUT2D eigenvalue weighted by atomic mass is 19.4. The molecule has 2 heterocycles. The number of rotatable bonds is 9. The summed E-state index contributed by atoms with van der Waals surface area (Å²) in [5.41, 5.74) is 0.615. The van der Waals surface area contributed by atoms with E-state index in [1.807, 2.05) is 30.1 Å². The Hall–Kier alpha value is -4.88. The van der Waals surface area contributed by atoms with Gasteiger partial charge in [0.05, 0.1) is 12.7 Å². The van der Waals surface area contributed by atoms with Gasteiger partial charge in [0.2, 0.25) is 11.8 Å². The van der Waals surface area contributed by atoms with Crippen molar-refractivity contribution in [1.82, 2.24) is 19.8 Å². The van der Waals surface area contributed by atoms with E-state index < -0.39 is 17.8 Å². The van der Waals surface area contributed by atoms with E-state index in [0.29, 0.717) is 42.1 Å². The zero-order valence-electron chi connectivity index (χ0n) is 24.2. The monoisotopic (exact) mass is 607 g/mol. The molecule has 2 amide bonds. The number of hydrogen-bond donors (Lipinski definition) is 3. The van der Waals surface area contributed by atoms with Crippen molar-refractivity contribution >= 4 is 29.0 Å². The number of benzene rings is 3. The quantitative estimate of drug-likeness (QED) is 0.200. The largest absolute Gasteiger partial charge is 0.497 e. The molecule has 5 rings (SSSR count). The van der Waals surface area contributed by atoms with Crippen molar-refractivity contribution < 1.29 is 27.4 Å². The average Bonchev–Trinajstić information content (AvgIpc) is 3.00. The summed E-state index contributed by atoms with van der Waals surface area (Å²) >= 11 is 0. The fourth-order valence-electron chi connectivity index (χ4n) is 4.61. The lowest BCUT2D eigenvalue weighted by Gasteiger charge is -2.33. The minimum atomic E-state index is -4.55. The van der Waals surface area contributed by atoms with Crippen LogP contribution < -0.4 is 25.4 Å². The summed E-state index contributed by atoms with van der Waals surface area (Å²) in [6.45, 7) is 3.19. The van der Waals surface area contributed by atoms with Crippen LogP contribution in [-0.2, 0) is 12.7 Å². The smallest absolute Gasteiger partial charge is 0.416 e. The first-order chi connectivity index (χ1) is 21.1. The van der Waals surface area contributed by atoms with Crippen LogP contribution in [0.2, 0.25) is 0 Å². The second kappa shape index (κ2) is 13.6. The van der Waals surface area contributed by atoms with Gasteiger partial charge >= 0.3 is 12.2 Å². The van der Waals surface area contributed by atoms with Crippen LogP contribution >= 0.6 is 0 Å². The van der Waals surface area contributed by atoms with Crippen LogP contribution in [0.3, 0.4) is 0 Å². The van der Waals surface area contributed by atoms with Gasteiger partial charge in [-0.1, -0.05) is 12.1 Å². The van der Waals surface area contributed by atoms with E-state index in [-0.39, 0.29) is 17.8 Å². The Morgan fingerprint density at radius 2 is 1.61 bits per heavy atom. The number of nitrogens with one attached hydrogen (secondary N) is 3. The zero-order chi connectivity index (χ0) is 31.1. The number of ether oxygens (including phenoxy) is 2. The predicted molar refractivity (Wildman–Crippen MR) is 162 cm³/mol. The van der Waals surface area contributed by atoms with E-state index in [0.717, 1.165) is 24.8 Å². The van der Waals surface area contributed by atoms with E-state index >= 15 is 0 Å². The Labute approximate surface area is 252 Å². The molecule has 0 radical (unpaired) electrons. The fraction of sp³-hybridized carbons (Fsp3) is 0.258. The molecule has 1 aliphatic heterocycles. The molecule has 0 atom stereocenters. The van der Waals surface area contributed by atoms with Gasteiger partial charge in [0, 0.05) is 68.1 Å². The Morgan fingerprint density at radius 3 is 2.34 bits per heavy atom. The number of amides is 2. The van der Waals surface area contributed by atoms with E-state index in [1.165, 1.54) is 12.1 Å². The maximum Gasteiger partial charge on any atom is 0.416 e. The number of aromatic nitrogens is 2. The van der Waals surface area contributed by atoms with Crippen LogP contribution in [0.1, 0.15) is 11.1 Å². The van der Waals surface area contributed by atoms with Crippen molar-refractivity contribution in [2.75, 3.05) is 56.3 Å². The van der Waals surface area contributed by atoms with Gasteiger partial charge < -0.3 is 30.3 Å². The highest BCUT2D eigenvalue weighted by Crippen LogP contribution is 2.35. The molecule has 13 heteroatoms. The van der Waals surface area contributed by atoms with Crippen molar-refractivity contribution in [2.24, 2.45) is 0 Å². The highest BCUT2D eigenvalue weighted by Gasteiger charge is 2.34. The number of alkyl halides is 3. The number of piperazine rings is 1. The number of carbonyl (C=O) groups is 1. The summed E-state index contributed by atoms with van der Waals surface area (Å²) in [5, 5.41) is 8.21. The molecule has 44 heavy (non-hydrogen) atoms. The van der Waals surface area contributed by atoms with Gasteiger partial charge in [-0.15, -0.1) is 0 Å². The molecule has 3 N–H and O–H groups in total. The number of nitrogens with zero attached hydrogens (tertiary/aromatic N) is 4. The number of carbonyl (C=O) groups excluding carboxylic acids is 1. The molecule has 0 spiro atoms. The van der Waals surface area contributed by atoms with E-state index in [9.17, 15) is 18.0 Å². The SMILES string of the molecule is COc1cccc(Nc2nccc(Oc3ccc(NC(=O)Nc4ccc(CN5CCN(C)CC5)c(C(F)(F)F)c4)cc3)n2)c1. The third kappa shape index (κ3) is 8.36. The van der Waals surface area contributed by atoms with Crippen LogP contribution in [0.15, 0.2) is 79.0 Å². The number of anilines is 4. The summed E-state index contributed by atoms with van der Waals surface area (Å²) in [6.07, 6.45) is -3.00. The Morgan fingerprint density at radius 1 is 0.886 bits per heavy atom. The van der Waals surface area contributed by atoms with Crippen molar-refractivity contribution in [2.45, 2.75) is 12.7 Å². The molecule has 0 bridgehead atoms. The van der Waals surface area contributed by atoms with Crippen LogP contribution in [0, 0.1) is 0 Å². The van der Waals surface area contributed by atoms with Crippen molar-refractivity contribution in [3.05, 3.63) is 90.1 Å². The molecule has 1 aliphatic rings. The first-order valence-corrected chi connectivity index (χ1v) is 13.9. The second-order valence-corrected chi connectivity index (χ2v) is 10.2. The minimum absolute atomic E-state index is 0.0408. The van der Waals surface area contributed by atoms with Crippen molar-refractivity contribution in [1.29, 1.82) is 0 Å². The lowest BCUT2D eigenvalue weighted by atomic mass is 10.0. The molecule has 230 valence electrons. The van der Waals surface area contributed by atoms with Crippen LogP contribution in [0.5, 0.6) is 17.4 Å². The van der Waals surface area contributed by atoms with Crippen LogP contribution in [-0.4, -0.2) is 66.1 Å². The second-order valence-electron chi connectivity index (χ2n) is 10.2. The standard InChI is InChI=1S/C31H32F3N7O3/c1-40-14-16-41(17-15-40)20-21-6-7-24(19-27(21)31(32,33)34)38-30(42)37-22-8-10-25(11-9-22)44-28-12-13-35-29(39-28)36-23-4-3-5-26(18-23)43-2/h3-13,18-19H,14-17,20H2,1-2H3,(H,35,36,39)(H2,37,38,42). The normalized spacial score (nSPS) is 14.1. The zero-order valence-corrected chi connectivity index (χ0v) is 24.2. The van der Waals surface area contributed by atoms with Crippen molar-refractivity contribution in [3.8, 4) is 17.4 Å². The number of halogens is 3. The van der Waals surface area contributed by atoms with Gasteiger partial charge in [0.25, 0.3) is 0 Å². The molecular formula is C31H32F3N7O3. The van der Waals surface area contributed by atoms with Gasteiger partial charge in [0.1, 0.15) is 11.5 Å².